The Morgan fingerprint density at radius 1 is 1.33 bits per heavy atom. The first-order chi connectivity index (χ1) is 4.41. The van der Waals surface area contributed by atoms with Crippen LogP contribution in [-0.2, 0) is 0 Å². The van der Waals surface area contributed by atoms with E-state index in [1.165, 1.54) is 19.3 Å². The molecule has 0 unspecified atom stereocenters. The molecule has 0 spiro atoms. The van der Waals surface area contributed by atoms with Crippen molar-refractivity contribution in [3.8, 4) is 11.2 Å². The molecule has 0 N–H and O–H groups in total. The highest BCUT2D eigenvalue weighted by Crippen LogP contribution is 1.97. The molecule has 0 heterocycles. The molecule has 0 radical (unpaired) electrons. The highest BCUT2D eigenvalue weighted by molar-refractivity contribution is 8.03. The standard InChI is InChI=1S/C8H14S/c1-3-4-5-6-7-8-9-2/h3-6H2,1-2H3. The summed E-state index contributed by atoms with van der Waals surface area (Å²) in [5, 5.41) is 2.97. The van der Waals surface area contributed by atoms with E-state index in [0.717, 1.165) is 6.42 Å². The lowest BCUT2D eigenvalue weighted by atomic mass is 10.2. The molecule has 0 atom stereocenters. The number of hydrogen-bond acceptors (Lipinski definition) is 1. The number of hydrogen-bond donors (Lipinski definition) is 0. The van der Waals surface area contributed by atoms with Crippen LogP contribution in [0.2, 0.25) is 0 Å². The molecule has 0 saturated heterocycles. The minimum absolute atomic E-state index is 1.08. The molecule has 0 aromatic heterocycles. The summed E-state index contributed by atoms with van der Waals surface area (Å²) in [5.74, 6) is 3.08. The second kappa shape index (κ2) is 7.91. The molecule has 0 amide bonds. The summed E-state index contributed by atoms with van der Waals surface area (Å²) < 4.78 is 0. The van der Waals surface area contributed by atoms with Crippen LogP contribution in [0.3, 0.4) is 0 Å². The van der Waals surface area contributed by atoms with E-state index >= 15 is 0 Å². The molecule has 52 valence electrons. The van der Waals surface area contributed by atoms with Gasteiger partial charge in [0.15, 0.2) is 0 Å². The molecule has 0 aliphatic rings. The molecule has 0 saturated carbocycles. The van der Waals surface area contributed by atoms with Crippen molar-refractivity contribution in [3.05, 3.63) is 0 Å². The largest absolute Gasteiger partial charge is 0.0913 e. The first kappa shape index (κ1) is 8.91. The molecule has 0 nitrogen and oxygen atoms in total. The van der Waals surface area contributed by atoms with E-state index in [1.54, 1.807) is 11.8 Å². The predicted octanol–water partition coefficient (Wildman–Crippen LogP) is 2.89. The molecule has 0 fully saturated rings. The van der Waals surface area contributed by atoms with Crippen molar-refractivity contribution in [3.63, 3.8) is 0 Å². The van der Waals surface area contributed by atoms with Crippen LogP contribution < -0.4 is 0 Å². The van der Waals surface area contributed by atoms with Gasteiger partial charge in [-0.25, -0.2) is 0 Å². The van der Waals surface area contributed by atoms with Gasteiger partial charge in [-0.3, -0.25) is 0 Å². The van der Waals surface area contributed by atoms with Gasteiger partial charge in [-0.2, -0.15) is 0 Å². The van der Waals surface area contributed by atoms with Crippen LogP contribution in [0.25, 0.3) is 0 Å². The Labute approximate surface area is 62.4 Å². The SMILES string of the molecule is CCCCCC#CSC. The van der Waals surface area contributed by atoms with Crippen molar-refractivity contribution in [2.45, 2.75) is 32.6 Å². The van der Waals surface area contributed by atoms with Gasteiger partial charge >= 0.3 is 0 Å². The van der Waals surface area contributed by atoms with Gasteiger partial charge in [0.2, 0.25) is 0 Å². The summed E-state index contributed by atoms with van der Waals surface area (Å²) in [7, 11) is 0. The van der Waals surface area contributed by atoms with Crippen LogP contribution in [0, 0.1) is 11.2 Å². The van der Waals surface area contributed by atoms with E-state index in [1.807, 2.05) is 6.26 Å². The van der Waals surface area contributed by atoms with E-state index in [2.05, 4.69) is 18.1 Å². The van der Waals surface area contributed by atoms with Crippen LogP contribution in [0.5, 0.6) is 0 Å². The Morgan fingerprint density at radius 3 is 2.67 bits per heavy atom. The van der Waals surface area contributed by atoms with E-state index < -0.39 is 0 Å². The van der Waals surface area contributed by atoms with Gasteiger partial charge in [-0.1, -0.05) is 37.4 Å². The van der Waals surface area contributed by atoms with Crippen molar-refractivity contribution in [1.29, 1.82) is 0 Å². The third-order valence-corrected chi connectivity index (χ3v) is 1.43. The van der Waals surface area contributed by atoms with E-state index in [-0.39, 0.29) is 0 Å². The molecule has 0 aromatic rings. The summed E-state index contributed by atoms with van der Waals surface area (Å²) in [4.78, 5) is 0. The molecular formula is C8H14S. The molecule has 1 heteroatoms. The monoisotopic (exact) mass is 142 g/mol. The summed E-state index contributed by atoms with van der Waals surface area (Å²) >= 11 is 1.60. The van der Waals surface area contributed by atoms with Gasteiger partial charge in [0.25, 0.3) is 0 Å². The molecular weight excluding hydrogens is 128 g/mol. The van der Waals surface area contributed by atoms with Gasteiger partial charge in [0, 0.05) is 6.42 Å². The van der Waals surface area contributed by atoms with E-state index in [0.29, 0.717) is 0 Å². The van der Waals surface area contributed by atoms with Crippen molar-refractivity contribution in [2.75, 3.05) is 6.26 Å². The minimum Gasteiger partial charge on any atom is -0.0913 e. The second-order valence-electron chi connectivity index (χ2n) is 1.94. The Balaban J connectivity index is 2.90. The van der Waals surface area contributed by atoms with Crippen molar-refractivity contribution in [2.24, 2.45) is 0 Å². The van der Waals surface area contributed by atoms with E-state index in [4.69, 9.17) is 0 Å². The van der Waals surface area contributed by atoms with Crippen LogP contribution in [0.4, 0.5) is 0 Å². The highest BCUT2D eigenvalue weighted by atomic mass is 32.2. The van der Waals surface area contributed by atoms with Gasteiger partial charge in [0.1, 0.15) is 0 Å². The fourth-order valence-electron chi connectivity index (χ4n) is 0.587. The Kier molecular flexibility index (Phi) is 7.83. The lowest BCUT2D eigenvalue weighted by Crippen LogP contribution is -1.69. The Morgan fingerprint density at radius 2 is 2.11 bits per heavy atom. The zero-order chi connectivity index (χ0) is 6.95. The maximum absolute atomic E-state index is 3.08. The maximum Gasteiger partial charge on any atom is 0.00976 e. The van der Waals surface area contributed by atoms with Crippen LogP contribution in [0.1, 0.15) is 32.6 Å². The third kappa shape index (κ3) is 7.91. The van der Waals surface area contributed by atoms with Gasteiger partial charge in [0.05, 0.1) is 0 Å². The summed E-state index contributed by atoms with van der Waals surface area (Å²) in [5.41, 5.74) is 0. The summed E-state index contributed by atoms with van der Waals surface area (Å²) in [6.45, 7) is 2.21. The van der Waals surface area contributed by atoms with Crippen molar-refractivity contribution >= 4 is 11.8 Å². The van der Waals surface area contributed by atoms with E-state index in [9.17, 15) is 0 Å². The fourth-order valence-corrected chi connectivity index (χ4v) is 0.833. The molecule has 0 bridgehead atoms. The number of unbranched alkanes of at least 4 members (excludes halogenated alkanes) is 3. The van der Waals surface area contributed by atoms with Gasteiger partial charge < -0.3 is 0 Å². The van der Waals surface area contributed by atoms with Crippen molar-refractivity contribution < 1.29 is 0 Å². The average molecular weight is 142 g/mol. The molecule has 0 aliphatic carbocycles. The van der Waals surface area contributed by atoms with Crippen LogP contribution in [0.15, 0.2) is 0 Å². The quantitative estimate of drug-likeness (QED) is 0.431. The smallest absolute Gasteiger partial charge is 0.00976 e. The topological polar surface area (TPSA) is 0 Å². The van der Waals surface area contributed by atoms with Gasteiger partial charge in [-0.15, -0.1) is 0 Å². The predicted molar refractivity (Wildman–Crippen MR) is 45.4 cm³/mol. The van der Waals surface area contributed by atoms with Crippen LogP contribution in [-0.4, -0.2) is 6.26 Å². The first-order valence-electron chi connectivity index (χ1n) is 3.42. The fraction of sp³-hybridized carbons (Fsp3) is 0.750. The third-order valence-electron chi connectivity index (χ3n) is 1.08. The van der Waals surface area contributed by atoms with Crippen LogP contribution >= 0.6 is 11.8 Å². The van der Waals surface area contributed by atoms with Crippen molar-refractivity contribution in [1.82, 2.24) is 0 Å². The average Bonchev–Trinajstić information content (AvgIpc) is 1.89. The highest BCUT2D eigenvalue weighted by Gasteiger charge is 1.79. The summed E-state index contributed by atoms with van der Waals surface area (Å²) in [6.07, 6.45) is 6.97. The molecule has 9 heavy (non-hydrogen) atoms. The normalized spacial score (nSPS) is 8.22. The minimum atomic E-state index is 1.08. The molecule has 0 rings (SSSR count). The lowest BCUT2D eigenvalue weighted by molar-refractivity contribution is 0.737. The summed E-state index contributed by atoms with van der Waals surface area (Å²) in [6, 6.07) is 0. The zero-order valence-electron chi connectivity index (χ0n) is 6.24. The molecule has 0 aromatic carbocycles. The Bertz CT molecular complexity index is 96.9. The zero-order valence-corrected chi connectivity index (χ0v) is 7.05. The molecule has 0 aliphatic heterocycles. The van der Waals surface area contributed by atoms with Gasteiger partial charge in [-0.05, 0) is 17.9 Å². The Hall–Kier alpha value is -0.0900. The first-order valence-corrected chi connectivity index (χ1v) is 4.65. The number of rotatable bonds is 3. The maximum atomic E-state index is 3.08. The lowest BCUT2D eigenvalue weighted by Gasteiger charge is -1.87. The number of thioether (sulfide) groups is 1. The second-order valence-corrected chi connectivity index (χ2v) is 2.55.